The first-order chi connectivity index (χ1) is 15.5. The Hall–Kier alpha value is -1.31. The minimum absolute atomic E-state index is 0.377. The third kappa shape index (κ3) is 4.95. The summed E-state index contributed by atoms with van der Waals surface area (Å²) in [5.41, 5.74) is 3.55. The Kier molecular flexibility index (Phi) is 8.00. The molecule has 178 valence electrons. The molecule has 5 atom stereocenters. The fourth-order valence-electron chi connectivity index (χ4n) is 7.76. The van der Waals surface area contributed by atoms with Gasteiger partial charge in [-0.1, -0.05) is 89.5 Å². The highest BCUT2D eigenvalue weighted by atomic mass is 16.2. The van der Waals surface area contributed by atoms with E-state index in [-0.39, 0.29) is 0 Å². The largest absolute Gasteiger partial charge is 0.342 e. The van der Waals surface area contributed by atoms with Crippen LogP contribution in [0.5, 0.6) is 0 Å². The molecular weight excluding hydrogens is 390 g/mol. The molecule has 0 radical (unpaired) electrons. The van der Waals surface area contributed by atoms with Crippen LogP contribution in [0, 0.1) is 17.3 Å². The maximum atomic E-state index is 13.3. The van der Waals surface area contributed by atoms with Crippen LogP contribution in [0.3, 0.4) is 0 Å². The molecule has 0 heterocycles. The molecule has 1 amide bonds. The number of fused-ring (bicyclic) bond motifs is 5. The highest BCUT2D eigenvalue weighted by Gasteiger charge is 2.55. The summed E-state index contributed by atoms with van der Waals surface area (Å²) in [6, 6.07) is 9.53. The number of hydrogen-bond donors (Lipinski definition) is 0. The fraction of sp³-hybridized carbons (Fsp3) is 0.767. The van der Waals surface area contributed by atoms with Crippen molar-refractivity contribution in [3.63, 3.8) is 0 Å². The van der Waals surface area contributed by atoms with E-state index >= 15 is 0 Å². The van der Waals surface area contributed by atoms with Gasteiger partial charge in [0, 0.05) is 25.4 Å². The van der Waals surface area contributed by atoms with E-state index < -0.39 is 0 Å². The molecule has 2 saturated carbocycles. The Labute approximate surface area is 197 Å². The van der Waals surface area contributed by atoms with Gasteiger partial charge in [0.25, 0.3) is 0 Å². The Bertz CT molecular complexity index is 757. The highest BCUT2D eigenvalue weighted by molar-refractivity contribution is 5.76. The first-order valence-corrected chi connectivity index (χ1v) is 13.9. The Balaban J connectivity index is 1.40. The van der Waals surface area contributed by atoms with Gasteiger partial charge >= 0.3 is 0 Å². The van der Waals surface area contributed by atoms with Gasteiger partial charge in [-0.3, -0.25) is 4.79 Å². The van der Waals surface area contributed by atoms with Crippen LogP contribution in [-0.4, -0.2) is 23.9 Å². The number of benzene rings is 1. The molecule has 0 aromatic heterocycles. The summed E-state index contributed by atoms with van der Waals surface area (Å²) in [5, 5.41) is 0. The summed E-state index contributed by atoms with van der Waals surface area (Å²) in [7, 11) is 2.13. The molecule has 1 aromatic rings. The van der Waals surface area contributed by atoms with Gasteiger partial charge in [0.05, 0.1) is 0 Å². The molecule has 32 heavy (non-hydrogen) atoms. The normalized spacial score (nSPS) is 31.0. The minimum atomic E-state index is 0.377. The molecule has 2 fully saturated rings. The highest BCUT2D eigenvalue weighted by Crippen LogP contribution is 2.61. The van der Waals surface area contributed by atoms with Crippen LogP contribution in [0.15, 0.2) is 24.3 Å². The third-order valence-corrected chi connectivity index (χ3v) is 9.52. The molecule has 0 bridgehead atoms. The second kappa shape index (κ2) is 10.7. The monoisotopic (exact) mass is 437 g/mol. The number of carbonyl (C=O) groups is 1. The van der Waals surface area contributed by atoms with Gasteiger partial charge in [-0.25, -0.2) is 0 Å². The number of likely N-dealkylation sites (N-methyl/N-ethyl adjacent to an activating group) is 1. The van der Waals surface area contributed by atoms with Gasteiger partial charge < -0.3 is 4.90 Å². The number of rotatable bonds is 10. The van der Waals surface area contributed by atoms with E-state index in [9.17, 15) is 4.79 Å². The van der Waals surface area contributed by atoms with Crippen LogP contribution in [0.4, 0.5) is 0 Å². The van der Waals surface area contributed by atoms with Gasteiger partial charge in [0.1, 0.15) is 0 Å². The lowest BCUT2D eigenvalue weighted by atomic mass is 9.54. The Morgan fingerprint density at radius 2 is 1.75 bits per heavy atom. The molecule has 0 N–H and O–H groups in total. The molecule has 3 aliphatic carbocycles. The minimum Gasteiger partial charge on any atom is -0.342 e. The number of hydrogen-bond acceptors (Lipinski definition) is 1. The van der Waals surface area contributed by atoms with Crippen LogP contribution in [0.2, 0.25) is 0 Å². The molecule has 0 saturated heterocycles. The topological polar surface area (TPSA) is 20.3 Å². The average molecular weight is 438 g/mol. The zero-order valence-corrected chi connectivity index (χ0v) is 21.1. The quantitative estimate of drug-likeness (QED) is 0.341. The smallest absolute Gasteiger partial charge is 0.222 e. The van der Waals surface area contributed by atoms with E-state index in [1.54, 1.807) is 11.1 Å². The van der Waals surface area contributed by atoms with Gasteiger partial charge in [-0.05, 0) is 66.9 Å². The van der Waals surface area contributed by atoms with Crippen molar-refractivity contribution in [2.45, 2.75) is 122 Å². The summed E-state index contributed by atoms with van der Waals surface area (Å²) in [5.74, 6) is 2.55. The molecular formula is C30H47NO. The van der Waals surface area contributed by atoms with Crippen LogP contribution in [0.25, 0.3) is 0 Å². The summed E-state index contributed by atoms with van der Waals surface area (Å²) in [6.45, 7) is 4.82. The van der Waals surface area contributed by atoms with E-state index in [0.717, 1.165) is 24.7 Å². The molecule has 4 rings (SSSR count). The predicted octanol–water partition coefficient (Wildman–Crippen LogP) is 7.90. The van der Waals surface area contributed by atoms with Crippen molar-refractivity contribution < 1.29 is 4.79 Å². The number of aryl methyl sites for hydroxylation is 1. The zero-order valence-electron chi connectivity index (χ0n) is 21.1. The van der Waals surface area contributed by atoms with Crippen molar-refractivity contribution >= 4 is 5.91 Å². The van der Waals surface area contributed by atoms with Crippen LogP contribution in [-0.2, 0) is 11.2 Å². The molecule has 0 spiro atoms. The van der Waals surface area contributed by atoms with Gasteiger partial charge in [0.2, 0.25) is 5.91 Å². The van der Waals surface area contributed by atoms with Crippen molar-refractivity contribution in [2.75, 3.05) is 7.05 Å². The summed E-state index contributed by atoms with van der Waals surface area (Å²) >= 11 is 0. The molecule has 0 aliphatic heterocycles. The van der Waals surface area contributed by atoms with E-state index in [0.29, 0.717) is 23.3 Å². The second-order valence-electron chi connectivity index (χ2n) is 11.6. The number of carbonyl (C=O) groups excluding carboxylic acids is 1. The van der Waals surface area contributed by atoms with Crippen molar-refractivity contribution in [1.82, 2.24) is 4.90 Å². The maximum absolute atomic E-state index is 13.3. The third-order valence-electron chi connectivity index (χ3n) is 9.52. The van der Waals surface area contributed by atoms with Crippen molar-refractivity contribution in [3.05, 3.63) is 35.4 Å². The molecule has 2 heteroatoms. The number of amides is 1. The van der Waals surface area contributed by atoms with Gasteiger partial charge in [-0.15, -0.1) is 0 Å². The zero-order chi connectivity index (χ0) is 22.6. The average Bonchev–Trinajstić information content (AvgIpc) is 3.21. The summed E-state index contributed by atoms with van der Waals surface area (Å²) < 4.78 is 0. The molecule has 1 aromatic carbocycles. The van der Waals surface area contributed by atoms with Crippen LogP contribution < -0.4 is 0 Å². The number of unbranched alkanes of at least 4 members (excludes halogenated alkanes) is 7. The number of nitrogens with zero attached hydrogens (tertiary/aromatic N) is 1. The maximum Gasteiger partial charge on any atom is 0.222 e. The molecule has 0 unspecified atom stereocenters. The van der Waals surface area contributed by atoms with Gasteiger partial charge in [-0.2, -0.15) is 0 Å². The van der Waals surface area contributed by atoms with Crippen molar-refractivity contribution in [3.8, 4) is 0 Å². The Morgan fingerprint density at radius 1 is 1.03 bits per heavy atom. The van der Waals surface area contributed by atoms with Crippen LogP contribution in [0.1, 0.15) is 121 Å². The first kappa shape index (κ1) is 23.8. The Morgan fingerprint density at radius 3 is 2.53 bits per heavy atom. The lowest BCUT2D eigenvalue weighted by molar-refractivity contribution is -0.136. The van der Waals surface area contributed by atoms with Crippen LogP contribution >= 0.6 is 0 Å². The van der Waals surface area contributed by atoms with E-state index in [1.807, 2.05) is 0 Å². The second-order valence-corrected chi connectivity index (χ2v) is 11.6. The van der Waals surface area contributed by atoms with Gasteiger partial charge in [0.15, 0.2) is 0 Å². The summed E-state index contributed by atoms with van der Waals surface area (Å²) in [6.07, 6.45) is 19.0. The fourth-order valence-corrected chi connectivity index (χ4v) is 7.76. The predicted molar refractivity (Wildman–Crippen MR) is 135 cm³/mol. The summed E-state index contributed by atoms with van der Waals surface area (Å²) in [4.78, 5) is 15.5. The lowest BCUT2D eigenvalue weighted by Gasteiger charge is -2.55. The lowest BCUT2D eigenvalue weighted by Crippen LogP contribution is -2.53. The van der Waals surface area contributed by atoms with Crippen molar-refractivity contribution in [2.24, 2.45) is 17.3 Å². The van der Waals surface area contributed by atoms with Crippen molar-refractivity contribution in [1.29, 1.82) is 0 Å². The molecule has 2 nitrogen and oxygen atoms in total. The van der Waals surface area contributed by atoms with E-state index in [4.69, 9.17) is 0 Å². The first-order valence-electron chi connectivity index (χ1n) is 13.9. The van der Waals surface area contributed by atoms with E-state index in [1.165, 1.54) is 83.5 Å². The molecule has 3 aliphatic rings. The standard InChI is InChI=1S/C30H47NO/c1-4-5-6-7-8-9-10-11-18-28(32)31(3)27-22-30(2)21-14-17-26(30)25-20-19-23-15-12-13-16-24(23)29(25)27/h12-13,15-16,25-27,29H,4-11,14,17-22H2,1-3H3/t25-,26-,27-,29+,30-/m0/s1. The SMILES string of the molecule is CCCCCCCCCCC(=O)N(C)[C@H]1C[C@]2(C)CCC[C@H]2[C@@H]2CCc3ccccc3[C@H]21. The van der Waals surface area contributed by atoms with E-state index in [2.05, 4.69) is 50.1 Å².